The SMILES string of the molecule is CCOC(=O)c1ccccc1CC=C(C)C. The van der Waals surface area contributed by atoms with E-state index in [2.05, 4.69) is 6.08 Å². The van der Waals surface area contributed by atoms with E-state index >= 15 is 0 Å². The summed E-state index contributed by atoms with van der Waals surface area (Å²) < 4.78 is 5.02. The Bertz CT molecular complexity index is 387. The van der Waals surface area contributed by atoms with Crippen LogP contribution in [0.2, 0.25) is 0 Å². The Balaban J connectivity index is 2.91. The van der Waals surface area contributed by atoms with E-state index in [4.69, 9.17) is 4.74 Å². The molecule has 0 saturated heterocycles. The van der Waals surface area contributed by atoms with E-state index in [0.717, 1.165) is 12.0 Å². The van der Waals surface area contributed by atoms with Gasteiger partial charge in [0.2, 0.25) is 0 Å². The van der Waals surface area contributed by atoms with Crippen molar-refractivity contribution in [2.75, 3.05) is 6.61 Å². The first kappa shape index (κ1) is 12.5. The standard InChI is InChI=1S/C14H18O2/c1-4-16-14(15)13-8-6-5-7-12(13)10-9-11(2)3/h5-9H,4,10H2,1-3H3. The van der Waals surface area contributed by atoms with Gasteiger partial charge in [0.1, 0.15) is 0 Å². The zero-order chi connectivity index (χ0) is 12.0. The predicted octanol–water partition coefficient (Wildman–Crippen LogP) is 3.37. The van der Waals surface area contributed by atoms with E-state index in [-0.39, 0.29) is 5.97 Å². The van der Waals surface area contributed by atoms with Crippen LogP contribution in [0.15, 0.2) is 35.9 Å². The molecule has 0 aromatic heterocycles. The molecule has 16 heavy (non-hydrogen) atoms. The summed E-state index contributed by atoms with van der Waals surface area (Å²) >= 11 is 0. The van der Waals surface area contributed by atoms with Crippen molar-refractivity contribution in [2.24, 2.45) is 0 Å². The van der Waals surface area contributed by atoms with Crippen molar-refractivity contribution in [3.63, 3.8) is 0 Å². The molecule has 0 aliphatic heterocycles. The third-order valence-corrected chi connectivity index (χ3v) is 2.24. The van der Waals surface area contributed by atoms with E-state index in [1.807, 2.05) is 45.0 Å². The lowest BCUT2D eigenvalue weighted by molar-refractivity contribution is 0.0525. The monoisotopic (exact) mass is 218 g/mol. The second-order valence-corrected chi connectivity index (χ2v) is 3.86. The molecule has 0 fully saturated rings. The van der Waals surface area contributed by atoms with Crippen LogP contribution in [0.25, 0.3) is 0 Å². The first-order valence-corrected chi connectivity index (χ1v) is 5.53. The molecule has 1 aromatic rings. The van der Waals surface area contributed by atoms with Crippen LogP contribution in [0.4, 0.5) is 0 Å². The van der Waals surface area contributed by atoms with Gasteiger partial charge in [-0.15, -0.1) is 0 Å². The maximum atomic E-state index is 11.7. The van der Waals surface area contributed by atoms with Crippen LogP contribution in [0.1, 0.15) is 36.7 Å². The molecular weight excluding hydrogens is 200 g/mol. The largest absolute Gasteiger partial charge is 0.462 e. The minimum Gasteiger partial charge on any atom is -0.462 e. The van der Waals surface area contributed by atoms with Crippen LogP contribution in [-0.2, 0) is 11.2 Å². The summed E-state index contributed by atoms with van der Waals surface area (Å²) in [5, 5.41) is 0. The second kappa shape index (κ2) is 6.11. The molecule has 1 aromatic carbocycles. The molecule has 2 heteroatoms. The fourth-order valence-electron chi connectivity index (χ4n) is 1.42. The van der Waals surface area contributed by atoms with Gasteiger partial charge < -0.3 is 4.74 Å². The molecule has 0 saturated carbocycles. The Morgan fingerprint density at radius 3 is 2.62 bits per heavy atom. The van der Waals surface area contributed by atoms with Gasteiger partial charge in [-0.3, -0.25) is 0 Å². The lowest BCUT2D eigenvalue weighted by atomic mass is 10.0. The van der Waals surface area contributed by atoms with Crippen molar-refractivity contribution >= 4 is 5.97 Å². The number of carbonyl (C=O) groups is 1. The van der Waals surface area contributed by atoms with Crippen molar-refractivity contribution in [3.05, 3.63) is 47.0 Å². The maximum absolute atomic E-state index is 11.7. The van der Waals surface area contributed by atoms with Crippen LogP contribution in [0, 0.1) is 0 Å². The number of allylic oxidation sites excluding steroid dienone is 2. The van der Waals surface area contributed by atoms with E-state index in [0.29, 0.717) is 12.2 Å². The number of hydrogen-bond donors (Lipinski definition) is 0. The predicted molar refractivity (Wildman–Crippen MR) is 65.5 cm³/mol. The van der Waals surface area contributed by atoms with Gasteiger partial charge in [0.15, 0.2) is 0 Å². The summed E-state index contributed by atoms with van der Waals surface area (Å²) in [6, 6.07) is 7.58. The van der Waals surface area contributed by atoms with Gasteiger partial charge in [-0.1, -0.05) is 29.8 Å². The third-order valence-electron chi connectivity index (χ3n) is 2.24. The van der Waals surface area contributed by atoms with E-state index in [9.17, 15) is 4.79 Å². The number of carbonyl (C=O) groups excluding carboxylic acids is 1. The normalized spacial score (nSPS) is 9.69. The quantitative estimate of drug-likeness (QED) is 0.572. The minimum absolute atomic E-state index is 0.236. The molecule has 0 unspecified atom stereocenters. The molecule has 0 heterocycles. The highest BCUT2D eigenvalue weighted by molar-refractivity contribution is 5.91. The van der Waals surface area contributed by atoms with Crippen molar-refractivity contribution in [3.8, 4) is 0 Å². The number of ether oxygens (including phenoxy) is 1. The first-order valence-electron chi connectivity index (χ1n) is 5.53. The Morgan fingerprint density at radius 2 is 2.00 bits per heavy atom. The number of hydrogen-bond acceptors (Lipinski definition) is 2. The Hall–Kier alpha value is -1.57. The molecule has 0 radical (unpaired) electrons. The average Bonchev–Trinajstić information content (AvgIpc) is 2.27. The molecule has 0 amide bonds. The molecule has 0 bridgehead atoms. The van der Waals surface area contributed by atoms with Gasteiger partial charge in [0.05, 0.1) is 12.2 Å². The van der Waals surface area contributed by atoms with Gasteiger partial charge in [0.25, 0.3) is 0 Å². The highest BCUT2D eigenvalue weighted by Gasteiger charge is 2.10. The van der Waals surface area contributed by atoms with Crippen LogP contribution in [0.3, 0.4) is 0 Å². The molecule has 2 nitrogen and oxygen atoms in total. The maximum Gasteiger partial charge on any atom is 0.338 e. The molecule has 0 spiro atoms. The zero-order valence-electron chi connectivity index (χ0n) is 10.1. The number of rotatable bonds is 4. The molecule has 0 N–H and O–H groups in total. The lowest BCUT2D eigenvalue weighted by Gasteiger charge is -2.06. The summed E-state index contributed by atoms with van der Waals surface area (Å²) in [6.45, 7) is 6.33. The van der Waals surface area contributed by atoms with Crippen molar-refractivity contribution in [1.82, 2.24) is 0 Å². The van der Waals surface area contributed by atoms with Crippen molar-refractivity contribution < 1.29 is 9.53 Å². The Kier molecular flexibility index (Phi) is 4.77. The van der Waals surface area contributed by atoms with Crippen LogP contribution >= 0.6 is 0 Å². The topological polar surface area (TPSA) is 26.3 Å². The molecule has 0 atom stereocenters. The molecular formula is C14H18O2. The molecule has 0 aliphatic carbocycles. The smallest absolute Gasteiger partial charge is 0.338 e. The van der Waals surface area contributed by atoms with E-state index < -0.39 is 0 Å². The third kappa shape index (κ3) is 3.54. The van der Waals surface area contributed by atoms with E-state index in [1.165, 1.54) is 5.57 Å². The zero-order valence-corrected chi connectivity index (χ0v) is 10.1. The minimum atomic E-state index is -0.236. The molecule has 86 valence electrons. The van der Waals surface area contributed by atoms with Gasteiger partial charge in [-0.2, -0.15) is 0 Å². The fraction of sp³-hybridized carbons (Fsp3) is 0.357. The summed E-state index contributed by atoms with van der Waals surface area (Å²) in [5.41, 5.74) is 2.93. The van der Waals surface area contributed by atoms with Crippen molar-refractivity contribution in [1.29, 1.82) is 0 Å². The summed E-state index contributed by atoms with van der Waals surface area (Å²) in [4.78, 5) is 11.7. The van der Waals surface area contributed by atoms with Gasteiger partial charge in [0, 0.05) is 0 Å². The number of benzene rings is 1. The lowest BCUT2D eigenvalue weighted by Crippen LogP contribution is -2.07. The van der Waals surface area contributed by atoms with Gasteiger partial charge in [-0.05, 0) is 38.8 Å². The van der Waals surface area contributed by atoms with Crippen LogP contribution in [0.5, 0.6) is 0 Å². The highest BCUT2D eigenvalue weighted by atomic mass is 16.5. The number of esters is 1. The Morgan fingerprint density at radius 1 is 1.31 bits per heavy atom. The van der Waals surface area contributed by atoms with Crippen LogP contribution in [-0.4, -0.2) is 12.6 Å². The summed E-state index contributed by atoms with van der Waals surface area (Å²) in [6.07, 6.45) is 2.88. The summed E-state index contributed by atoms with van der Waals surface area (Å²) in [5.74, 6) is -0.236. The van der Waals surface area contributed by atoms with E-state index in [1.54, 1.807) is 0 Å². The second-order valence-electron chi connectivity index (χ2n) is 3.86. The molecule has 0 aliphatic rings. The Labute approximate surface area is 96.9 Å². The van der Waals surface area contributed by atoms with Crippen LogP contribution < -0.4 is 0 Å². The summed E-state index contributed by atoms with van der Waals surface area (Å²) in [7, 11) is 0. The van der Waals surface area contributed by atoms with Gasteiger partial charge in [-0.25, -0.2) is 4.79 Å². The van der Waals surface area contributed by atoms with Gasteiger partial charge >= 0.3 is 5.97 Å². The van der Waals surface area contributed by atoms with Crippen molar-refractivity contribution in [2.45, 2.75) is 27.2 Å². The fourth-order valence-corrected chi connectivity index (χ4v) is 1.42. The first-order chi connectivity index (χ1) is 7.65. The highest BCUT2D eigenvalue weighted by Crippen LogP contribution is 2.12. The molecule has 1 rings (SSSR count). The average molecular weight is 218 g/mol.